The van der Waals surface area contributed by atoms with Crippen molar-refractivity contribution in [1.29, 1.82) is 0 Å². The van der Waals surface area contributed by atoms with Crippen LogP contribution in [0.15, 0.2) is 60.7 Å². The molecule has 0 atom stereocenters. The highest BCUT2D eigenvalue weighted by molar-refractivity contribution is 5.70. The zero-order chi connectivity index (χ0) is 22.4. The summed E-state index contributed by atoms with van der Waals surface area (Å²) in [5, 5.41) is 8.59. The van der Waals surface area contributed by atoms with Crippen molar-refractivity contribution in [2.24, 2.45) is 0 Å². The van der Waals surface area contributed by atoms with Crippen molar-refractivity contribution in [3.63, 3.8) is 0 Å². The van der Waals surface area contributed by atoms with Crippen LogP contribution < -0.4 is 9.47 Å². The van der Waals surface area contributed by atoms with E-state index in [1.54, 1.807) is 0 Å². The number of hydrogen-bond acceptors (Lipinski definition) is 4. The van der Waals surface area contributed by atoms with Crippen LogP contribution in [-0.2, 0) is 0 Å². The summed E-state index contributed by atoms with van der Waals surface area (Å²) in [4.78, 5) is 0. The molecule has 0 aliphatic heterocycles. The van der Waals surface area contributed by atoms with Gasteiger partial charge in [-0.25, -0.2) is 0 Å². The van der Waals surface area contributed by atoms with E-state index in [0.717, 1.165) is 72.9 Å². The minimum Gasteiger partial charge on any atom is -0.494 e. The molecule has 0 saturated carbocycles. The van der Waals surface area contributed by atoms with E-state index in [1.165, 1.54) is 0 Å². The molecule has 1 aromatic heterocycles. The molecule has 0 amide bonds. The Morgan fingerprint density at radius 1 is 0.562 bits per heavy atom. The summed E-state index contributed by atoms with van der Waals surface area (Å²) >= 11 is 0. The number of nitrogens with zero attached hydrogens (tertiary/aromatic N) is 2. The highest BCUT2D eigenvalue weighted by atomic mass is 16.5. The van der Waals surface area contributed by atoms with Gasteiger partial charge >= 0.3 is 0 Å². The molecule has 166 valence electrons. The molecular weight excluding hydrogens is 396 g/mol. The molecule has 32 heavy (non-hydrogen) atoms. The van der Waals surface area contributed by atoms with Gasteiger partial charge in [-0.1, -0.05) is 63.1 Å². The second-order valence-electron chi connectivity index (χ2n) is 7.59. The van der Waals surface area contributed by atoms with Crippen molar-refractivity contribution in [2.45, 2.75) is 39.5 Å². The number of hydrogen-bond donors (Lipinski definition) is 0. The van der Waals surface area contributed by atoms with Crippen LogP contribution in [0.25, 0.3) is 24.3 Å². The number of benzene rings is 2. The van der Waals surface area contributed by atoms with Crippen molar-refractivity contribution in [2.75, 3.05) is 13.2 Å². The van der Waals surface area contributed by atoms with Gasteiger partial charge in [-0.3, -0.25) is 0 Å². The van der Waals surface area contributed by atoms with E-state index in [-0.39, 0.29) is 0 Å². The number of ether oxygens (including phenoxy) is 2. The van der Waals surface area contributed by atoms with Gasteiger partial charge in [0.25, 0.3) is 0 Å². The van der Waals surface area contributed by atoms with Crippen molar-refractivity contribution in [3.05, 3.63) is 83.2 Å². The molecule has 0 unspecified atom stereocenters. The quantitative estimate of drug-likeness (QED) is 0.287. The van der Waals surface area contributed by atoms with Crippen LogP contribution in [0, 0.1) is 0 Å². The molecule has 0 spiro atoms. The topological polar surface area (TPSA) is 44.2 Å². The van der Waals surface area contributed by atoms with Gasteiger partial charge in [0.15, 0.2) is 0 Å². The lowest BCUT2D eigenvalue weighted by molar-refractivity contribution is 0.309. The summed E-state index contributed by atoms with van der Waals surface area (Å²) in [7, 11) is 0. The lowest BCUT2D eigenvalue weighted by atomic mass is 10.2. The standard InChI is InChI=1S/C28H32N2O2/c1-3-5-21-31-27-17-9-23(10-18-27)7-13-25-15-16-26(30-29-25)14-8-24-11-19-28(20-12-24)32-22-6-4-2/h7-20H,3-6,21-22H2,1-2H3/b13-7+,14-8+. The predicted octanol–water partition coefficient (Wildman–Crippen LogP) is 7.18. The van der Waals surface area contributed by atoms with Crippen molar-refractivity contribution < 1.29 is 9.47 Å². The fraction of sp³-hybridized carbons (Fsp3) is 0.286. The van der Waals surface area contributed by atoms with E-state index in [4.69, 9.17) is 9.47 Å². The molecule has 3 aromatic rings. The number of rotatable bonds is 12. The largest absolute Gasteiger partial charge is 0.494 e. The molecule has 0 N–H and O–H groups in total. The Kier molecular flexibility index (Phi) is 9.53. The highest BCUT2D eigenvalue weighted by Crippen LogP contribution is 2.16. The first kappa shape index (κ1) is 23.3. The molecule has 3 rings (SSSR count). The van der Waals surface area contributed by atoms with E-state index >= 15 is 0 Å². The van der Waals surface area contributed by atoms with Crippen molar-refractivity contribution >= 4 is 24.3 Å². The Morgan fingerprint density at radius 2 is 0.969 bits per heavy atom. The van der Waals surface area contributed by atoms with Crippen LogP contribution in [0.5, 0.6) is 11.5 Å². The van der Waals surface area contributed by atoms with Crippen LogP contribution in [0.4, 0.5) is 0 Å². The molecule has 4 heteroatoms. The summed E-state index contributed by atoms with van der Waals surface area (Å²) in [6.07, 6.45) is 12.4. The molecule has 0 aliphatic carbocycles. The van der Waals surface area contributed by atoms with Gasteiger partial charge in [0, 0.05) is 0 Å². The summed E-state index contributed by atoms with van der Waals surface area (Å²) in [6, 6.07) is 20.1. The van der Waals surface area contributed by atoms with E-state index in [2.05, 4.69) is 24.0 Å². The Morgan fingerprint density at radius 3 is 1.31 bits per heavy atom. The smallest absolute Gasteiger partial charge is 0.119 e. The van der Waals surface area contributed by atoms with Crippen LogP contribution in [0.3, 0.4) is 0 Å². The van der Waals surface area contributed by atoms with Gasteiger partial charge in [0.1, 0.15) is 11.5 Å². The third-order valence-corrected chi connectivity index (χ3v) is 4.89. The zero-order valence-corrected chi connectivity index (χ0v) is 19.0. The third-order valence-electron chi connectivity index (χ3n) is 4.89. The fourth-order valence-corrected chi connectivity index (χ4v) is 2.91. The van der Waals surface area contributed by atoms with E-state index < -0.39 is 0 Å². The van der Waals surface area contributed by atoms with E-state index in [1.807, 2.05) is 85.0 Å². The van der Waals surface area contributed by atoms with Crippen molar-refractivity contribution in [3.8, 4) is 11.5 Å². The first-order valence-electron chi connectivity index (χ1n) is 11.4. The predicted molar refractivity (Wildman–Crippen MR) is 134 cm³/mol. The molecular formula is C28H32N2O2. The van der Waals surface area contributed by atoms with Gasteiger partial charge in [-0.2, -0.15) is 10.2 Å². The summed E-state index contributed by atoms with van der Waals surface area (Å²) in [5.41, 5.74) is 3.83. The van der Waals surface area contributed by atoms with Crippen LogP contribution in [0.2, 0.25) is 0 Å². The van der Waals surface area contributed by atoms with E-state index in [0.29, 0.717) is 0 Å². The molecule has 0 radical (unpaired) electrons. The SMILES string of the molecule is CCCCOc1ccc(/C=C/c2ccc(/C=C/c3ccc(OCCCC)cc3)nn2)cc1. The zero-order valence-electron chi connectivity index (χ0n) is 19.0. The van der Waals surface area contributed by atoms with Crippen LogP contribution in [0.1, 0.15) is 62.0 Å². The Hall–Kier alpha value is -3.40. The molecule has 0 aliphatic rings. The van der Waals surface area contributed by atoms with Gasteiger partial charge in [0.2, 0.25) is 0 Å². The summed E-state index contributed by atoms with van der Waals surface area (Å²) < 4.78 is 11.4. The highest BCUT2D eigenvalue weighted by Gasteiger charge is 1.97. The maximum Gasteiger partial charge on any atom is 0.119 e. The lowest BCUT2D eigenvalue weighted by Crippen LogP contribution is -1.95. The second-order valence-corrected chi connectivity index (χ2v) is 7.59. The van der Waals surface area contributed by atoms with Crippen LogP contribution >= 0.6 is 0 Å². The minimum atomic E-state index is 0.765. The van der Waals surface area contributed by atoms with Gasteiger partial charge < -0.3 is 9.47 Å². The monoisotopic (exact) mass is 428 g/mol. The Labute approximate surface area is 191 Å². The molecule has 4 nitrogen and oxygen atoms in total. The average Bonchev–Trinajstić information content (AvgIpc) is 2.84. The van der Waals surface area contributed by atoms with Gasteiger partial charge in [-0.05, 0) is 72.5 Å². The molecule has 0 bridgehead atoms. The normalized spacial score (nSPS) is 11.3. The molecule has 0 fully saturated rings. The first-order valence-corrected chi connectivity index (χ1v) is 11.4. The van der Waals surface area contributed by atoms with E-state index in [9.17, 15) is 0 Å². The van der Waals surface area contributed by atoms with Gasteiger partial charge in [0.05, 0.1) is 24.6 Å². The minimum absolute atomic E-state index is 0.765. The number of unbranched alkanes of at least 4 members (excludes halogenated alkanes) is 2. The Balaban J connectivity index is 1.51. The third kappa shape index (κ3) is 8.03. The maximum absolute atomic E-state index is 5.70. The Bertz CT molecular complexity index is 893. The molecule has 0 saturated heterocycles. The fourth-order valence-electron chi connectivity index (χ4n) is 2.91. The second kappa shape index (κ2) is 13.1. The first-order chi connectivity index (χ1) is 15.8. The molecule has 1 heterocycles. The summed E-state index contributed by atoms with van der Waals surface area (Å²) in [6.45, 7) is 5.85. The summed E-state index contributed by atoms with van der Waals surface area (Å²) in [5.74, 6) is 1.82. The maximum atomic E-state index is 5.70. The molecule has 2 aromatic carbocycles. The number of aromatic nitrogens is 2. The van der Waals surface area contributed by atoms with Crippen molar-refractivity contribution in [1.82, 2.24) is 10.2 Å². The lowest BCUT2D eigenvalue weighted by Gasteiger charge is -2.05. The average molecular weight is 429 g/mol. The van der Waals surface area contributed by atoms with Crippen LogP contribution in [-0.4, -0.2) is 23.4 Å². The van der Waals surface area contributed by atoms with Gasteiger partial charge in [-0.15, -0.1) is 0 Å².